The average Bonchev–Trinajstić information content (AvgIpc) is 2.72. The number of carbonyl (C=O) groups excluding carboxylic acids is 2. The Morgan fingerprint density at radius 1 is 1.20 bits per heavy atom. The van der Waals surface area contributed by atoms with Crippen LogP contribution in [0.25, 0.3) is 0 Å². The first kappa shape index (κ1) is 23.8. The Hall–Kier alpha value is -2.52. The van der Waals surface area contributed by atoms with Crippen LogP contribution < -0.4 is 14.8 Å². The fraction of sp³-hybridized carbons (Fsp3) is 0.619. The number of nitrogens with zero attached hydrogens (tertiary/aromatic N) is 1. The van der Waals surface area contributed by atoms with Gasteiger partial charge in [0.15, 0.2) is 5.60 Å². The first-order valence-corrected chi connectivity index (χ1v) is 9.76. The van der Waals surface area contributed by atoms with E-state index in [0.29, 0.717) is 24.6 Å². The number of rotatable bonds is 7. The highest BCUT2D eigenvalue weighted by atomic mass is 16.6. The van der Waals surface area contributed by atoms with Gasteiger partial charge in [0.05, 0.1) is 34.5 Å². The molecule has 0 bridgehead atoms. The molecule has 1 unspecified atom stereocenters. The predicted octanol–water partition coefficient (Wildman–Crippen LogP) is 1.97. The summed E-state index contributed by atoms with van der Waals surface area (Å²) in [5.41, 5.74) is -1.08. The highest BCUT2D eigenvalue weighted by molar-refractivity contribution is 5.81. The Bertz CT molecular complexity index is 747. The number of ether oxygens (including phenoxy) is 5. The zero-order valence-electron chi connectivity index (χ0n) is 18.6. The normalized spacial score (nSPS) is 19.2. The Morgan fingerprint density at radius 2 is 1.93 bits per heavy atom. The molecule has 1 amide bonds. The molecule has 1 aromatic carbocycles. The van der Waals surface area contributed by atoms with E-state index in [4.69, 9.17) is 23.7 Å². The molecule has 30 heavy (non-hydrogen) atoms. The molecule has 9 nitrogen and oxygen atoms in total. The largest absolute Gasteiger partial charge is 0.497 e. The molecule has 1 aliphatic rings. The molecule has 0 spiro atoms. The van der Waals surface area contributed by atoms with E-state index in [-0.39, 0.29) is 19.7 Å². The van der Waals surface area contributed by atoms with Crippen LogP contribution in [0, 0.1) is 0 Å². The van der Waals surface area contributed by atoms with Crippen molar-refractivity contribution in [2.24, 2.45) is 0 Å². The fourth-order valence-electron chi connectivity index (χ4n) is 3.15. The minimum absolute atomic E-state index is 0.0291. The van der Waals surface area contributed by atoms with Crippen molar-refractivity contribution in [2.45, 2.75) is 38.5 Å². The third kappa shape index (κ3) is 5.99. The zero-order chi connectivity index (χ0) is 22.4. The minimum atomic E-state index is -1.33. The lowest BCUT2D eigenvalue weighted by molar-refractivity contribution is -0.179. The lowest BCUT2D eigenvalue weighted by Gasteiger charge is -2.40. The van der Waals surface area contributed by atoms with Gasteiger partial charge in [-0.2, -0.15) is 0 Å². The van der Waals surface area contributed by atoms with Gasteiger partial charge in [-0.25, -0.2) is 9.59 Å². The van der Waals surface area contributed by atoms with Crippen molar-refractivity contribution in [1.29, 1.82) is 0 Å². The monoisotopic (exact) mass is 424 g/mol. The molecule has 1 atom stereocenters. The third-order valence-corrected chi connectivity index (χ3v) is 4.62. The van der Waals surface area contributed by atoms with Gasteiger partial charge in [0.1, 0.15) is 17.1 Å². The lowest BCUT2D eigenvalue weighted by Crippen LogP contribution is -2.62. The summed E-state index contributed by atoms with van der Waals surface area (Å²) in [5, 5.41) is 3.22. The van der Waals surface area contributed by atoms with Crippen molar-refractivity contribution in [2.75, 3.05) is 47.6 Å². The molecule has 168 valence electrons. The van der Waals surface area contributed by atoms with E-state index in [1.54, 1.807) is 41.1 Å². The summed E-state index contributed by atoms with van der Waals surface area (Å²) in [7, 11) is 4.47. The zero-order valence-corrected chi connectivity index (χ0v) is 18.6. The van der Waals surface area contributed by atoms with Gasteiger partial charge < -0.3 is 33.9 Å². The van der Waals surface area contributed by atoms with E-state index < -0.39 is 23.3 Å². The topological polar surface area (TPSA) is 95.6 Å². The molecule has 1 aliphatic heterocycles. The maximum atomic E-state index is 12.6. The van der Waals surface area contributed by atoms with Gasteiger partial charge in [0, 0.05) is 31.3 Å². The van der Waals surface area contributed by atoms with Gasteiger partial charge in [-0.05, 0) is 26.8 Å². The number of carbonyl (C=O) groups is 2. The van der Waals surface area contributed by atoms with Gasteiger partial charge in [0.25, 0.3) is 0 Å². The Morgan fingerprint density at radius 3 is 2.53 bits per heavy atom. The number of methoxy groups -OCH3 is 3. The molecule has 1 heterocycles. The van der Waals surface area contributed by atoms with Crippen LogP contribution in [0.15, 0.2) is 18.2 Å². The summed E-state index contributed by atoms with van der Waals surface area (Å²) in [6, 6.07) is 5.50. The standard InChI is InChI=1S/C21H32N2O7/c1-20(2,3)30-19(25)23-9-10-29-21(14-23,18(24)28-6)13-22-12-15-7-8-16(26-4)11-17(15)27-5/h7-8,11,22H,9-10,12-14H2,1-6H3. The molecule has 2 rings (SSSR count). The molecule has 0 aromatic heterocycles. The predicted molar refractivity (Wildman–Crippen MR) is 110 cm³/mol. The second kappa shape index (κ2) is 9.99. The van der Waals surface area contributed by atoms with Crippen LogP contribution in [0.4, 0.5) is 4.79 Å². The van der Waals surface area contributed by atoms with Crippen LogP contribution in [0.1, 0.15) is 26.3 Å². The number of amides is 1. The maximum absolute atomic E-state index is 12.6. The van der Waals surface area contributed by atoms with Crippen LogP contribution >= 0.6 is 0 Å². The summed E-state index contributed by atoms with van der Waals surface area (Å²) in [6.07, 6.45) is -0.490. The molecule has 1 N–H and O–H groups in total. The maximum Gasteiger partial charge on any atom is 0.410 e. The van der Waals surface area contributed by atoms with Crippen LogP contribution in [0.3, 0.4) is 0 Å². The van der Waals surface area contributed by atoms with Crippen molar-refractivity contribution in [1.82, 2.24) is 10.2 Å². The van der Waals surface area contributed by atoms with Crippen LogP contribution in [-0.2, 0) is 25.5 Å². The van der Waals surface area contributed by atoms with Crippen LogP contribution in [-0.4, -0.2) is 75.7 Å². The highest BCUT2D eigenvalue weighted by Gasteiger charge is 2.46. The summed E-state index contributed by atoms with van der Waals surface area (Å²) < 4.78 is 26.9. The van der Waals surface area contributed by atoms with E-state index in [0.717, 1.165) is 5.56 Å². The molecule has 0 saturated carbocycles. The molecule has 1 fully saturated rings. The Balaban J connectivity index is 2.10. The van der Waals surface area contributed by atoms with E-state index in [2.05, 4.69) is 5.32 Å². The van der Waals surface area contributed by atoms with Gasteiger partial charge >= 0.3 is 12.1 Å². The van der Waals surface area contributed by atoms with Crippen molar-refractivity contribution in [3.63, 3.8) is 0 Å². The first-order chi connectivity index (χ1) is 14.1. The second-order valence-electron chi connectivity index (χ2n) is 8.02. The molecular formula is C21H32N2O7. The second-order valence-corrected chi connectivity index (χ2v) is 8.02. The van der Waals surface area contributed by atoms with Gasteiger partial charge in [-0.1, -0.05) is 6.07 Å². The Kier molecular flexibility index (Phi) is 7.91. The molecule has 9 heteroatoms. The highest BCUT2D eigenvalue weighted by Crippen LogP contribution is 2.25. The summed E-state index contributed by atoms with van der Waals surface area (Å²) in [5.74, 6) is 0.795. The van der Waals surface area contributed by atoms with Crippen LogP contribution in [0.2, 0.25) is 0 Å². The SMILES string of the molecule is COC(=O)C1(CNCc2ccc(OC)cc2OC)CN(C(=O)OC(C)(C)C)CCO1. The average molecular weight is 424 g/mol. The van der Waals surface area contributed by atoms with Gasteiger partial charge in [-0.3, -0.25) is 0 Å². The summed E-state index contributed by atoms with van der Waals surface area (Å²) in [4.78, 5) is 26.6. The Labute approximate surface area is 177 Å². The minimum Gasteiger partial charge on any atom is -0.497 e. The fourth-order valence-corrected chi connectivity index (χ4v) is 3.15. The summed E-state index contributed by atoms with van der Waals surface area (Å²) >= 11 is 0. The third-order valence-electron chi connectivity index (χ3n) is 4.62. The summed E-state index contributed by atoms with van der Waals surface area (Å²) in [6.45, 7) is 6.51. The van der Waals surface area contributed by atoms with Crippen molar-refractivity contribution in [3.8, 4) is 11.5 Å². The first-order valence-electron chi connectivity index (χ1n) is 9.76. The number of morpholine rings is 1. The van der Waals surface area contributed by atoms with E-state index in [1.165, 1.54) is 12.0 Å². The number of nitrogens with one attached hydrogen (secondary N) is 1. The quantitative estimate of drug-likeness (QED) is 0.664. The molecule has 1 aromatic rings. The molecule has 0 radical (unpaired) electrons. The van der Waals surface area contributed by atoms with Crippen molar-refractivity contribution in [3.05, 3.63) is 23.8 Å². The number of esters is 1. The van der Waals surface area contributed by atoms with E-state index in [1.807, 2.05) is 12.1 Å². The van der Waals surface area contributed by atoms with E-state index in [9.17, 15) is 9.59 Å². The van der Waals surface area contributed by atoms with Crippen LogP contribution in [0.5, 0.6) is 11.5 Å². The number of benzene rings is 1. The van der Waals surface area contributed by atoms with E-state index >= 15 is 0 Å². The molecule has 0 aliphatic carbocycles. The number of hydrogen-bond donors (Lipinski definition) is 1. The van der Waals surface area contributed by atoms with Gasteiger partial charge in [-0.15, -0.1) is 0 Å². The number of hydrogen-bond acceptors (Lipinski definition) is 8. The molecule has 1 saturated heterocycles. The van der Waals surface area contributed by atoms with Crippen molar-refractivity contribution >= 4 is 12.1 Å². The van der Waals surface area contributed by atoms with Gasteiger partial charge in [0.2, 0.25) is 0 Å². The molecular weight excluding hydrogens is 392 g/mol. The van der Waals surface area contributed by atoms with Crippen molar-refractivity contribution < 1.29 is 33.3 Å². The smallest absolute Gasteiger partial charge is 0.410 e. The lowest BCUT2D eigenvalue weighted by atomic mass is 10.0.